The van der Waals surface area contributed by atoms with Crippen LogP contribution in [0.2, 0.25) is 0 Å². The molecule has 0 atom stereocenters. The summed E-state index contributed by atoms with van der Waals surface area (Å²) in [6.45, 7) is 1.90. The monoisotopic (exact) mass is 323 g/mol. The van der Waals surface area contributed by atoms with Crippen molar-refractivity contribution in [2.45, 2.75) is 6.92 Å². The predicted octanol–water partition coefficient (Wildman–Crippen LogP) is 3.08. The van der Waals surface area contributed by atoms with Gasteiger partial charge in [-0.15, -0.1) is 0 Å². The molecule has 0 fully saturated rings. The zero-order valence-corrected chi connectivity index (χ0v) is 13.7. The van der Waals surface area contributed by atoms with Gasteiger partial charge in [-0.3, -0.25) is 9.59 Å². The number of fused-ring (bicyclic) bond motifs is 1. The van der Waals surface area contributed by atoms with Gasteiger partial charge in [0.1, 0.15) is 0 Å². The van der Waals surface area contributed by atoms with E-state index in [9.17, 15) is 9.59 Å². The van der Waals surface area contributed by atoms with Crippen molar-refractivity contribution in [2.75, 3.05) is 14.2 Å². The van der Waals surface area contributed by atoms with Crippen LogP contribution in [0.3, 0.4) is 0 Å². The minimum absolute atomic E-state index is 0.0975. The number of methoxy groups -OCH3 is 2. The van der Waals surface area contributed by atoms with Crippen molar-refractivity contribution in [3.63, 3.8) is 0 Å². The van der Waals surface area contributed by atoms with Crippen LogP contribution in [0.1, 0.15) is 21.5 Å². The Balaban J connectivity index is 2.12. The highest BCUT2D eigenvalue weighted by molar-refractivity contribution is 6.10. The number of carbonyl (C=O) groups excluding carboxylic acids is 1. The summed E-state index contributed by atoms with van der Waals surface area (Å²) >= 11 is 0. The number of carbonyl (C=O) groups is 1. The maximum absolute atomic E-state index is 12.7. The van der Waals surface area contributed by atoms with E-state index in [4.69, 9.17) is 9.47 Å². The number of ether oxygens (including phenoxy) is 2. The summed E-state index contributed by atoms with van der Waals surface area (Å²) in [5.74, 6) is 0.606. The lowest BCUT2D eigenvalue weighted by atomic mass is 10.0. The molecule has 122 valence electrons. The fraction of sp³-hybridized carbons (Fsp3) is 0.158. The predicted molar refractivity (Wildman–Crippen MR) is 92.3 cm³/mol. The van der Waals surface area contributed by atoms with E-state index in [-0.39, 0.29) is 16.8 Å². The molecule has 0 aliphatic heterocycles. The number of aryl methyl sites for hydroxylation is 1. The number of hydrogen-bond donors (Lipinski definition) is 1. The largest absolute Gasteiger partial charge is 0.493 e. The second kappa shape index (κ2) is 6.20. The first-order chi connectivity index (χ1) is 11.5. The third kappa shape index (κ3) is 2.65. The van der Waals surface area contributed by atoms with E-state index >= 15 is 0 Å². The number of nitrogens with one attached hydrogen (secondary N) is 1. The maximum Gasteiger partial charge on any atom is 0.200 e. The van der Waals surface area contributed by atoms with Gasteiger partial charge in [-0.2, -0.15) is 0 Å². The fourth-order valence-electron chi connectivity index (χ4n) is 2.63. The number of rotatable bonds is 4. The second-order valence-corrected chi connectivity index (χ2v) is 5.48. The van der Waals surface area contributed by atoms with Crippen molar-refractivity contribution in [2.24, 2.45) is 0 Å². The van der Waals surface area contributed by atoms with Crippen LogP contribution in [0.4, 0.5) is 0 Å². The standard InChI is InChI=1S/C19H17NO4/c1-11-4-6-15-13(8-11)19(22)14(10-20-15)18(21)12-5-7-16(23-2)17(9-12)24-3/h4-10H,1-3H3,(H,20,22). The van der Waals surface area contributed by atoms with Crippen LogP contribution < -0.4 is 14.9 Å². The smallest absolute Gasteiger partial charge is 0.200 e. The Kier molecular flexibility index (Phi) is 4.08. The van der Waals surface area contributed by atoms with E-state index in [1.807, 2.05) is 19.1 Å². The molecule has 3 rings (SSSR count). The summed E-state index contributed by atoms with van der Waals surface area (Å²) < 4.78 is 10.4. The molecule has 1 N–H and O–H groups in total. The van der Waals surface area contributed by atoms with E-state index in [0.717, 1.165) is 5.56 Å². The molecule has 0 saturated carbocycles. The molecule has 3 aromatic rings. The summed E-state index contributed by atoms with van der Waals surface area (Å²) in [5, 5.41) is 0.501. The Labute approximate surface area is 138 Å². The van der Waals surface area contributed by atoms with Crippen LogP contribution in [0, 0.1) is 6.92 Å². The SMILES string of the molecule is COc1ccc(C(=O)c2c[nH]c3ccc(C)cc3c2=O)cc1OC. The van der Waals surface area contributed by atoms with Gasteiger partial charge in [-0.25, -0.2) is 0 Å². The number of ketones is 1. The Morgan fingerprint density at radius 1 is 1.00 bits per heavy atom. The van der Waals surface area contributed by atoms with Crippen molar-refractivity contribution in [3.8, 4) is 11.5 Å². The molecule has 0 aliphatic rings. The Bertz CT molecular complexity index is 988. The van der Waals surface area contributed by atoms with Crippen LogP contribution in [0.15, 0.2) is 47.4 Å². The number of aromatic nitrogens is 1. The Hall–Kier alpha value is -3.08. The average molecular weight is 323 g/mol. The summed E-state index contributed by atoms with van der Waals surface area (Å²) in [5.41, 5.74) is 1.84. The number of aromatic amines is 1. The first-order valence-electron chi connectivity index (χ1n) is 7.44. The summed E-state index contributed by atoms with van der Waals surface area (Å²) in [6.07, 6.45) is 1.46. The molecule has 0 unspecified atom stereocenters. The first-order valence-corrected chi connectivity index (χ1v) is 7.44. The van der Waals surface area contributed by atoms with Crippen LogP contribution in [-0.2, 0) is 0 Å². The third-order valence-corrected chi connectivity index (χ3v) is 3.93. The van der Waals surface area contributed by atoms with Gasteiger partial charge in [0.2, 0.25) is 5.43 Å². The van der Waals surface area contributed by atoms with Crippen LogP contribution >= 0.6 is 0 Å². The number of hydrogen-bond acceptors (Lipinski definition) is 4. The van der Waals surface area contributed by atoms with Gasteiger partial charge in [-0.05, 0) is 37.3 Å². The molecule has 0 aliphatic carbocycles. The van der Waals surface area contributed by atoms with Crippen molar-refractivity contribution >= 4 is 16.7 Å². The van der Waals surface area contributed by atoms with Crippen molar-refractivity contribution in [1.82, 2.24) is 4.98 Å². The normalized spacial score (nSPS) is 10.6. The number of pyridine rings is 1. The number of H-pyrrole nitrogens is 1. The molecule has 5 heteroatoms. The zero-order chi connectivity index (χ0) is 17.3. The molecule has 1 aromatic heterocycles. The van der Waals surface area contributed by atoms with Gasteiger partial charge >= 0.3 is 0 Å². The minimum atomic E-state index is -0.361. The van der Waals surface area contributed by atoms with Crippen molar-refractivity contribution in [1.29, 1.82) is 0 Å². The Morgan fingerprint density at radius 3 is 2.46 bits per heavy atom. The molecule has 1 heterocycles. The van der Waals surface area contributed by atoms with Gasteiger partial charge < -0.3 is 14.5 Å². The van der Waals surface area contributed by atoms with E-state index in [1.54, 1.807) is 24.3 Å². The quantitative estimate of drug-likeness (QED) is 0.749. The van der Waals surface area contributed by atoms with E-state index in [2.05, 4.69) is 4.98 Å². The molecule has 5 nitrogen and oxygen atoms in total. The lowest BCUT2D eigenvalue weighted by Crippen LogP contribution is -2.17. The summed E-state index contributed by atoms with van der Waals surface area (Å²) in [6, 6.07) is 10.3. The summed E-state index contributed by atoms with van der Waals surface area (Å²) in [7, 11) is 3.02. The third-order valence-electron chi connectivity index (χ3n) is 3.93. The molecular weight excluding hydrogens is 306 g/mol. The van der Waals surface area contributed by atoms with Crippen molar-refractivity contribution < 1.29 is 14.3 Å². The second-order valence-electron chi connectivity index (χ2n) is 5.48. The topological polar surface area (TPSA) is 68.4 Å². The fourth-order valence-corrected chi connectivity index (χ4v) is 2.63. The van der Waals surface area contributed by atoms with Gasteiger partial charge in [0.25, 0.3) is 0 Å². The molecule has 0 amide bonds. The van der Waals surface area contributed by atoms with Gasteiger partial charge in [-0.1, -0.05) is 11.6 Å². The molecule has 2 aromatic carbocycles. The minimum Gasteiger partial charge on any atom is -0.493 e. The highest BCUT2D eigenvalue weighted by Gasteiger charge is 2.17. The molecular formula is C19H17NO4. The van der Waals surface area contributed by atoms with E-state index in [1.165, 1.54) is 20.4 Å². The van der Waals surface area contributed by atoms with Gasteiger partial charge in [0.05, 0.1) is 19.8 Å². The highest BCUT2D eigenvalue weighted by Crippen LogP contribution is 2.28. The van der Waals surface area contributed by atoms with Crippen molar-refractivity contribution in [3.05, 3.63) is 69.5 Å². The van der Waals surface area contributed by atoms with Gasteiger partial charge in [0, 0.05) is 22.7 Å². The highest BCUT2D eigenvalue weighted by atomic mass is 16.5. The van der Waals surface area contributed by atoms with Crippen LogP contribution in [-0.4, -0.2) is 25.0 Å². The summed E-state index contributed by atoms with van der Waals surface area (Å²) in [4.78, 5) is 28.4. The van der Waals surface area contributed by atoms with Crippen LogP contribution in [0.5, 0.6) is 11.5 Å². The van der Waals surface area contributed by atoms with E-state index < -0.39 is 0 Å². The Morgan fingerprint density at radius 2 is 1.75 bits per heavy atom. The lowest BCUT2D eigenvalue weighted by molar-refractivity contribution is 0.103. The zero-order valence-electron chi connectivity index (χ0n) is 13.7. The van der Waals surface area contributed by atoms with E-state index in [0.29, 0.717) is 28.0 Å². The average Bonchev–Trinajstić information content (AvgIpc) is 2.61. The lowest BCUT2D eigenvalue weighted by Gasteiger charge is -2.09. The molecule has 0 saturated heterocycles. The molecule has 0 bridgehead atoms. The van der Waals surface area contributed by atoms with Gasteiger partial charge in [0.15, 0.2) is 17.3 Å². The molecule has 24 heavy (non-hydrogen) atoms. The molecule has 0 spiro atoms. The molecule has 0 radical (unpaired) electrons. The van der Waals surface area contributed by atoms with Crippen LogP contribution in [0.25, 0.3) is 10.9 Å². The first kappa shape index (κ1) is 15.8. The number of benzene rings is 2. The maximum atomic E-state index is 12.7.